The Hall–Kier alpha value is -4.00. The first kappa shape index (κ1) is 22.8. The predicted octanol–water partition coefficient (Wildman–Crippen LogP) is 4.59. The lowest BCUT2D eigenvalue weighted by Gasteiger charge is -2.31. The van der Waals surface area contributed by atoms with E-state index in [0.29, 0.717) is 22.2 Å². The molecule has 0 bridgehead atoms. The molecular weight excluding hydrogens is 444 g/mol. The van der Waals surface area contributed by atoms with Gasteiger partial charge in [0.25, 0.3) is 17.7 Å². The van der Waals surface area contributed by atoms with Gasteiger partial charge in [-0.1, -0.05) is 43.5 Å². The fourth-order valence-corrected chi connectivity index (χ4v) is 5.00. The number of carbonyl (C=O) groups is 4. The number of rotatable bonds is 5. The van der Waals surface area contributed by atoms with E-state index in [9.17, 15) is 19.2 Å². The Labute approximate surface area is 203 Å². The van der Waals surface area contributed by atoms with E-state index in [0.717, 1.165) is 36.0 Å². The van der Waals surface area contributed by atoms with Crippen molar-refractivity contribution < 1.29 is 23.9 Å². The SMILES string of the molecule is CN(C(=O)COC(=O)c1ccc(N2C(=O)c3cccc4cccc(c34)C2=O)cc1)C1CCCCC1. The largest absolute Gasteiger partial charge is 0.452 e. The summed E-state index contributed by atoms with van der Waals surface area (Å²) in [7, 11) is 1.76. The second-order valence-corrected chi connectivity index (χ2v) is 9.07. The van der Waals surface area contributed by atoms with Crippen LogP contribution in [0.4, 0.5) is 5.69 Å². The smallest absolute Gasteiger partial charge is 0.338 e. The van der Waals surface area contributed by atoms with Crippen molar-refractivity contribution >= 4 is 40.2 Å². The number of hydrogen-bond donors (Lipinski definition) is 0. The Morgan fingerprint density at radius 1 is 0.886 bits per heavy atom. The molecule has 1 aliphatic carbocycles. The van der Waals surface area contributed by atoms with Gasteiger partial charge in [0.2, 0.25) is 0 Å². The van der Waals surface area contributed by atoms with Crippen molar-refractivity contribution in [2.24, 2.45) is 0 Å². The van der Waals surface area contributed by atoms with Crippen molar-refractivity contribution in [3.05, 3.63) is 77.4 Å². The van der Waals surface area contributed by atoms with E-state index in [1.54, 1.807) is 36.2 Å². The molecule has 0 radical (unpaired) electrons. The lowest BCUT2D eigenvalue weighted by atomic mass is 9.94. The topological polar surface area (TPSA) is 84.0 Å². The number of benzene rings is 3. The van der Waals surface area contributed by atoms with Crippen LogP contribution in [0.25, 0.3) is 10.8 Å². The highest BCUT2D eigenvalue weighted by molar-refractivity contribution is 6.35. The molecule has 178 valence electrons. The zero-order valence-corrected chi connectivity index (χ0v) is 19.5. The van der Waals surface area contributed by atoms with Crippen molar-refractivity contribution in [1.82, 2.24) is 4.90 Å². The molecule has 3 amide bonds. The highest BCUT2D eigenvalue weighted by Gasteiger charge is 2.34. The summed E-state index contributed by atoms with van der Waals surface area (Å²) in [6, 6.07) is 17.0. The molecule has 0 spiro atoms. The molecule has 3 aromatic rings. The van der Waals surface area contributed by atoms with E-state index in [4.69, 9.17) is 4.74 Å². The maximum atomic E-state index is 13.2. The van der Waals surface area contributed by atoms with Gasteiger partial charge in [0.15, 0.2) is 6.61 Å². The molecule has 3 aromatic carbocycles. The zero-order chi connectivity index (χ0) is 24.5. The van der Waals surface area contributed by atoms with Crippen LogP contribution in [0.15, 0.2) is 60.7 Å². The van der Waals surface area contributed by atoms with E-state index in [1.807, 2.05) is 12.1 Å². The van der Waals surface area contributed by atoms with E-state index in [2.05, 4.69) is 0 Å². The molecule has 1 fully saturated rings. The van der Waals surface area contributed by atoms with Crippen molar-refractivity contribution in [2.45, 2.75) is 38.1 Å². The first-order chi connectivity index (χ1) is 17.0. The third-order valence-corrected chi connectivity index (χ3v) is 6.98. The summed E-state index contributed by atoms with van der Waals surface area (Å²) in [5.41, 5.74) is 1.51. The van der Waals surface area contributed by atoms with Crippen molar-refractivity contribution in [3.63, 3.8) is 0 Å². The van der Waals surface area contributed by atoms with Crippen LogP contribution in [0.3, 0.4) is 0 Å². The number of hydrogen-bond acceptors (Lipinski definition) is 5. The summed E-state index contributed by atoms with van der Waals surface area (Å²) in [6.07, 6.45) is 5.36. The molecule has 0 unspecified atom stereocenters. The quantitative estimate of drug-likeness (QED) is 0.402. The zero-order valence-electron chi connectivity index (χ0n) is 19.5. The number of nitrogens with zero attached hydrogens (tertiary/aromatic N) is 2. The van der Waals surface area contributed by atoms with Gasteiger partial charge in [-0.2, -0.15) is 0 Å². The standard InChI is InChI=1S/C28H26N2O5/c1-29(20-9-3-2-4-10-20)24(31)17-35-28(34)19-13-15-21(16-14-19)30-26(32)22-11-5-7-18-8-6-12-23(25(18)22)27(30)33/h5-8,11-16,20H,2-4,9-10,17H2,1H3. The molecule has 7 heteroatoms. The van der Waals surface area contributed by atoms with Crippen LogP contribution >= 0.6 is 0 Å². The second-order valence-electron chi connectivity index (χ2n) is 9.07. The first-order valence-electron chi connectivity index (χ1n) is 11.9. The Morgan fingerprint density at radius 2 is 1.49 bits per heavy atom. The summed E-state index contributed by atoms with van der Waals surface area (Å²) in [5.74, 6) is -1.68. The number of carbonyl (C=O) groups excluding carboxylic acids is 4. The van der Waals surface area contributed by atoms with Crippen molar-refractivity contribution in [3.8, 4) is 0 Å². The van der Waals surface area contributed by atoms with Crippen molar-refractivity contribution in [2.75, 3.05) is 18.6 Å². The molecule has 1 saturated carbocycles. The monoisotopic (exact) mass is 470 g/mol. The van der Waals surface area contributed by atoms with Crippen LogP contribution < -0.4 is 4.90 Å². The number of ether oxygens (including phenoxy) is 1. The maximum absolute atomic E-state index is 13.2. The molecule has 0 atom stereocenters. The van der Waals surface area contributed by atoms with Gasteiger partial charge < -0.3 is 9.64 Å². The molecule has 1 aliphatic heterocycles. The molecule has 1 heterocycles. The Morgan fingerprint density at radius 3 is 2.09 bits per heavy atom. The fourth-order valence-electron chi connectivity index (χ4n) is 5.00. The van der Waals surface area contributed by atoms with Gasteiger partial charge in [0, 0.05) is 29.6 Å². The number of likely N-dealkylation sites (N-methyl/N-ethyl adjacent to an activating group) is 1. The lowest BCUT2D eigenvalue weighted by molar-refractivity contribution is -0.135. The predicted molar refractivity (Wildman–Crippen MR) is 131 cm³/mol. The molecule has 7 nitrogen and oxygen atoms in total. The highest BCUT2D eigenvalue weighted by Crippen LogP contribution is 2.32. The third kappa shape index (κ3) is 4.18. The highest BCUT2D eigenvalue weighted by atomic mass is 16.5. The lowest BCUT2D eigenvalue weighted by Crippen LogP contribution is -2.40. The van der Waals surface area contributed by atoms with E-state index < -0.39 is 17.8 Å². The fraction of sp³-hybridized carbons (Fsp3) is 0.286. The third-order valence-electron chi connectivity index (χ3n) is 6.98. The summed E-state index contributed by atoms with van der Waals surface area (Å²) < 4.78 is 5.24. The van der Waals surface area contributed by atoms with Gasteiger partial charge in [-0.05, 0) is 54.6 Å². The second kappa shape index (κ2) is 9.33. The molecule has 35 heavy (non-hydrogen) atoms. The average molecular weight is 471 g/mol. The van der Waals surface area contributed by atoms with Crippen LogP contribution in [-0.2, 0) is 9.53 Å². The summed E-state index contributed by atoms with van der Waals surface area (Å²) in [6.45, 7) is -0.322. The normalized spacial score (nSPS) is 15.9. The molecule has 0 aromatic heterocycles. The number of amides is 3. The molecular formula is C28H26N2O5. The number of anilines is 1. The van der Waals surface area contributed by atoms with Crippen LogP contribution in [0, 0.1) is 0 Å². The average Bonchev–Trinajstić information content (AvgIpc) is 2.90. The van der Waals surface area contributed by atoms with Crippen LogP contribution in [0.1, 0.15) is 63.2 Å². The Balaban J connectivity index is 1.28. The van der Waals surface area contributed by atoms with Crippen molar-refractivity contribution in [1.29, 1.82) is 0 Å². The molecule has 2 aliphatic rings. The van der Waals surface area contributed by atoms with Crippen LogP contribution in [0.2, 0.25) is 0 Å². The number of esters is 1. The summed E-state index contributed by atoms with van der Waals surface area (Å²) in [5, 5.41) is 1.49. The maximum Gasteiger partial charge on any atom is 0.338 e. The van der Waals surface area contributed by atoms with Gasteiger partial charge in [-0.25, -0.2) is 9.69 Å². The van der Waals surface area contributed by atoms with Gasteiger partial charge in [0.05, 0.1) is 11.3 Å². The van der Waals surface area contributed by atoms with E-state index >= 15 is 0 Å². The van der Waals surface area contributed by atoms with Gasteiger partial charge in [-0.15, -0.1) is 0 Å². The van der Waals surface area contributed by atoms with E-state index in [-0.39, 0.29) is 24.1 Å². The van der Waals surface area contributed by atoms with Gasteiger partial charge in [0.1, 0.15) is 0 Å². The molecule has 5 rings (SSSR count). The van der Waals surface area contributed by atoms with E-state index in [1.165, 1.54) is 30.7 Å². The summed E-state index contributed by atoms with van der Waals surface area (Å²) >= 11 is 0. The van der Waals surface area contributed by atoms with Gasteiger partial charge >= 0.3 is 5.97 Å². The minimum atomic E-state index is -0.631. The Bertz CT molecular complexity index is 1270. The molecule has 0 N–H and O–H groups in total. The Kier molecular flexibility index (Phi) is 6.07. The first-order valence-corrected chi connectivity index (χ1v) is 11.9. The van der Waals surface area contributed by atoms with Crippen LogP contribution in [-0.4, -0.2) is 48.3 Å². The summed E-state index contributed by atoms with van der Waals surface area (Å²) in [4.78, 5) is 54.1. The minimum absolute atomic E-state index is 0.199. The number of imide groups is 1. The molecule has 0 saturated heterocycles. The minimum Gasteiger partial charge on any atom is -0.452 e. The van der Waals surface area contributed by atoms with Gasteiger partial charge in [-0.3, -0.25) is 14.4 Å². The van der Waals surface area contributed by atoms with Crippen LogP contribution in [0.5, 0.6) is 0 Å².